The van der Waals surface area contributed by atoms with E-state index in [1.54, 1.807) is 12.3 Å². The standard InChI is InChI=1S/C14H19N3O3/c18-13(19)4-3-6-16-14(20)12-10-11(5-7-15-12)17-8-1-2-9-17/h5,7,10H,1-4,6,8-9H2,(H,16,20)(H,18,19). The summed E-state index contributed by atoms with van der Waals surface area (Å²) in [6, 6.07) is 3.70. The van der Waals surface area contributed by atoms with E-state index in [4.69, 9.17) is 5.11 Å². The summed E-state index contributed by atoms with van der Waals surface area (Å²) in [5.41, 5.74) is 1.40. The Labute approximate surface area is 117 Å². The van der Waals surface area contributed by atoms with Crippen molar-refractivity contribution in [1.29, 1.82) is 0 Å². The molecule has 1 aromatic rings. The number of hydrogen-bond acceptors (Lipinski definition) is 4. The third-order valence-electron chi connectivity index (χ3n) is 3.30. The van der Waals surface area contributed by atoms with Gasteiger partial charge >= 0.3 is 5.97 Å². The molecule has 20 heavy (non-hydrogen) atoms. The van der Waals surface area contributed by atoms with Crippen molar-refractivity contribution >= 4 is 17.6 Å². The van der Waals surface area contributed by atoms with Crippen molar-refractivity contribution < 1.29 is 14.7 Å². The number of aliphatic carboxylic acids is 1. The summed E-state index contributed by atoms with van der Waals surface area (Å²) >= 11 is 0. The van der Waals surface area contributed by atoms with Crippen LogP contribution in [0.15, 0.2) is 18.3 Å². The van der Waals surface area contributed by atoms with Gasteiger partial charge in [-0.3, -0.25) is 14.6 Å². The summed E-state index contributed by atoms with van der Waals surface area (Å²) in [5, 5.41) is 11.2. The van der Waals surface area contributed by atoms with Gasteiger partial charge in [-0.05, 0) is 31.4 Å². The van der Waals surface area contributed by atoms with Crippen LogP contribution in [0.1, 0.15) is 36.2 Å². The zero-order valence-corrected chi connectivity index (χ0v) is 11.3. The van der Waals surface area contributed by atoms with Crippen molar-refractivity contribution in [1.82, 2.24) is 10.3 Å². The van der Waals surface area contributed by atoms with Gasteiger partial charge in [-0.25, -0.2) is 0 Å². The van der Waals surface area contributed by atoms with Crippen LogP contribution in [0.3, 0.4) is 0 Å². The lowest BCUT2D eigenvalue weighted by atomic mass is 10.2. The first kappa shape index (κ1) is 14.3. The lowest BCUT2D eigenvalue weighted by molar-refractivity contribution is -0.137. The average Bonchev–Trinajstić information content (AvgIpc) is 2.97. The van der Waals surface area contributed by atoms with Crippen molar-refractivity contribution in [2.75, 3.05) is 24.5 Å². The van der Waals surface area contributed by atoms with Gasteiger partial charge in [0.1, 0.15) is 5.69 Å². The van der Waals surface area contributed by atoms with Crippen LogP contribution in [0.5, 0.6) is 0 Å². The molecule has 108 valence electrons. The molecule has 6 heteroatoms. The first-order chi connectivity index (χ1) is 9.66. The van der Waals surface area contributed by atoms with Crippen LogP contribution in [0.25, 0.3) is 0 Å². The van der Waals surface area contributed by atoms with Crippen molar-refractivity contribution in [3.05, 3.63) is 24.0 Å². The number of rotatable bonds is 6. The monoisotopic (exact) mass is 277 g/mol. The first-order valence-electron chi connectivity index (χ1n) is 6.88. The maximum absolute atomic E-state index is 11.9. The first-order valence-corrected chi connectivity index (χ1v) is 6.88. The summed E-state index contributed by atoms with van der Waals surface area (Å²) in [6.45, 7) is 2.38. The molecule has 0 unspecified atom stereocenters. The van der Waals surface area contributed by atoms with E-state index >= 15 is 0 Å². The van der Waals surface area contributed by atoms with E-state index in [0.29, 0.717) is 18.7 Å². The molecule has 2 heterocycles. The van der Waals surface area contributed by atoms with Gasteiger partial charge in [-0.2, -0.15) is 0 Å². The van der Waals surface area contributed by atoms with E-state index < -0.39 is 5.97 Å². The molecule has 1 aliphatic rings. The summed E-state index contributed by atoms with van der Waals surface area (Å²) < 4.78 is 0. The number of nitrogens with one attached hydrogen (secondary N) is 1. The van der Waals surface area contributed by atoms with E-state index in [0.717, 1.165) is 18.8 Å². The highest BCUT2D eigenvalue weighted by Crippen LogP contribution is 2.19. The van der Waals surface area contributed by atoms with Crippen LogP contribution >= 0.6 is 0 Å². The van der Waals surface area contributed by atoms with Gasteiger partial charge in [0, 0.05) is 37.9 Å². The summed E-state index contributed by atoms with van der Waals surface area (Å²) in [5.74, 6) is -1.11. The Balaban J connectivity index is 1.89. The number of carboxylic acid groups (broad SMARTS) is 1. The van der Waals surface area contributed by atoms with Crippen LogP contribution in [-0.4, -0.2) is 41.6 Å². The predicted molar refractivity (Wildman–Crippen MR) is 74.9 cm³/mol. The number of carbonyl (C=O) groups is 2. The summed E-state index contributed by atoms with van der Waals surface area (Å²) in [4.78, 5) is 28.6. The quantitative estimate of drug-likeness (QED) is 0.765. The lowest BCUT2D eigenvalue weighted by Gasteiger charge is -2.17. The third-order valence-corrected chi connectivity index (χ3v) is 3.30. The number of anilines is 1. The number of aromatic nitrogens is 1. The Morgan fingerprint density at radius 3 is 2.80 bits per heavy atom. The molecule has 0 bridgehead atoms. The molecular weight excluding hydrogens is 258 g/mol. The Morgan fingerprint density at radius 1 is 1.35 bits per heavy atom. The number of amides is 1. The van der Waals surface area contributed by atoms with Crippen LogP contribution in [0, 0.1) is 0 Å². The molecule has 0 aromatic carbocycles. The molecule has 0 spiro atoms. The highest BCUT2D eigenvalue weighted by atomic mass is 16.4. The SMILES string of the molecule is O=C(O)CCCNC(=O)c1cc(N2CCCC2)ccn1. The fourth-order valence-corrected chi connectivity index (χ4v) is 2.25. The number of carbonyl (C=O) groups excluding carboxylic acids is 1. The van der Waals surface area contributed by atoms with Crippen LogP contribution in [0.4, 0.5) is 5.69 Å². The molecule has 0 saturated carbocycles. The zero-order chi connectivity index (χ0) is 14.4. The second-order valence-electron chi connectivity index (χ2n) is 4.85. The van der Waals surface area contributed by atoms with Gasteiger partial charge in [0.05, 0.1) is 0 Å². The van der Waals surface area contributed by atoms with Gasteiger partial charge in [-0.1, -0.05) is 0 Å². The van der Waals surface area contributed by atoms with Crippen LogP contribution in [-0.2, 0) is 4.79 Å². The zero-order valence-electron chi connectivity index (χ0n) is 11.3. The molecule has 1 aliphatic heterocycles. The lowest BCUT2D eigenvalue weighted by Crippen LogP contribution is -2.26. The predicted octanol–water partition coefficient (Wildman–Crippen LogP) is 1.28. The minimum absolute atomic E-state index is 0.0571. The van der Waals surface area contributed by atoms with Crippen molar-refractivity contribution in [2.45, 2.75) is 25.7 Å². The Hall–Kier alpha value is -2.11. The minimum atomic E-state index is -0.853. The fourth-order valence-electron chi connectivity index (χ4n) is 2.25. The Bertz CT molecular complexity index is 484. The van der Waals surface area contributed by atoms with Crippen molar-refractivity contribution in [3.63, 3.8) is 0 Å². The van der Waals surface area contributed by atoms with Gasteiger partial charge in [0.25, 0.3) is 5.91 Å². The third kappa shape index (κ3) is 3.94. The van der Waals surface area contributed by atoms with E-state index in [1.807, 2.05) is 6.07 Å². The van der Waals surface area contributed by atoms with Gasteiger partial charge in [0.2, 0.25) is 0 Å². The van der Waals surface area contributed by atoms with Crippen molar-refractivity contribution in [3.8, 4) is 0 Å². The molecule has 1 fully saturated rings. The molecule has 2 rings (SSSR count). The Kier molecular flexibility index (Phi) is 4.92. The molecule has 0 radical (unpaired) electrons. The van der Waals surface area contributed by atoms with Crippen LogP contribution < -0.4 is 10.2 Å². The number of carboxylic acids is 1. The molecule has 1 amide bonds. The summed E-state index contributed by atoms with van der Waals surface area (Å²) in [7, 11) is 0. The number of nitrogens with zero attached hydrogens (tertiary/aromatic N) is 2. The van der Waals surface area contributed by atoms with E-state index in [-0.39, 0.29) is 12.3 Å². The highest BCUT2D eigenvalue weighted by Gasteiger charge is 2.14. The average molecular weight is 277 g/mol. The molecule has 0 aliphatic carbocycles. The second-order valence-corrected chi connectivity index (χ2v) is 4.85. The Morgan fingerprint density at radius 2 is 2.10 bits per heavy atom. The van der Waals surface area contributed by atoms with Crippen molar-refractivity contribution in [2.24, 2.45) is 0 Å². The van der Waals surface area contributed by atoms with Gasteiger partial charge in [0.15, 0.2) is 0 Å². The topological polar surface area (TPSA) is 82.5 Å². The minimum Gasteiger partial charge on any atom is -0.481 e. The molecule has 1 saturated heterocycles. The number of hydrogen-bond donors (Lipinski definition) is 2. The van der Waals surface area contributed by atoms with Crippen LogP contribution in [0.2, 0.25) is 0 Å². The molecule has 2 N–H and O–H groups in total. The molecular formula is C14H19N3O3. The number of pyridine rings is 1. The van der Waals surface area contributed by atoms with E-state index in [9.17, 15) is 9.59 Å². The smallest absolute Gasteiger partial charge is 0.303 e. The molecule has 6 nitrogen and oxygen atoms in total. The summed E-state index contributed by atoms with van der Waals surface area (Å²) in [6.07, 6.45) is 4.48. The maximum Gasteiger partial charge on any atom is 0.303 e. The van der Waals surface area contributed by atoms with Gasteiger partial charge < -0.3 is 15.3 Å². The van der Waals surface area contributed by atoms with E-state index in [2.05, 4.69) is 15.2 Å². The molecule has 0 atom stereocenters. The largest absolute Gasteiger partial charge is 0.481 e. The highest BCUT2D eigenvalue weighted by molar-refractivity contribution is 5.93. The second kappa shape index (κ2) is 6.88. The fraction of sp³-hybridized carbons (Fsp3) is 0.500. The van der Waals surface area contributed by atoms with Gasteiger partial charge in [-0.15, -0.1) is 0 Å². The van der Waals surface area contributed by atoms with E-state index in [1.165, 1.54) is 12.8 Å². The maximum atomic E-state index is 11.9. The normalized spacial score (nSPS) is 14.3. The molecule has 1 aromatic heterocycles.